The minimum atomic E-state index is -3.76. The molecule has 0 heterocycles. The smallest absolute Gasteiger partial charge is 0.308 e. The first-order valence-electron chi connectivity index (χ1n) is 7.27. The number of sulfonamides is 1. The van der Waals surface area contributed by atoms with E-state index in [1.165, 1.54) is 43.3 Å². The summed E-state index contributed by atoms with van der Waals surface area (Å²) in [5.74, 6) is -0.163. The summed E-state index contributed by atoms with van der Waals surface area (Å²) >= 11 is 0. The van der Waals surface area contributed by atoms with Gasteiger partial charge in [0.15, 0.2) is 0 Å². The van der Waals surface area contributed by atoms with E-state index in [9.17, 15) is 17.6 Å². The molecule has 2 aromatic carbocycles. The maximum absolute atomic E-state index is 14.2. The van der Waals surface area contributed by atoms with Gasteiger partial charge in [-0.2, -0.15) is 0 Å². The van der Waals surface area contributed by atoms with Gasteiger partial charge in [-0.3, -0.25) is 4.79 Å². The van der Waals surface area contributed by atoms with E-state index < -0.39 is 22.2 Å². The predicted molar refractivity (Wildman–Crippen MR) is 88.0 cm³/mol. The Labute approximate surface area is 140 Å². The van der Waals surface area contributed by atoms with Gasteiger partial charge < -0.3 is 4.74 Å². The van der Waals surface area contributed by atoms with E-state index in [1.807, 2.05) is 6.92 Å². The minimum Gasteiger partial charge on any atom is -0.427 e. The number of aryl methyl sites for hydroxylation is 1. The minimum absolute atomic E-state index is 0.0884. The van der Waals surface area contributed by atoms with Crippen molar-refractivity contribution < 1.29 is 22.3 Å². The van der Waals surface area contributed by atoms with Crippen molar-refractivity contribution in [3.8, 4) is 5.75 Å². The van der Waals surface area contributed by atoms with Crippen molar-refractivity contribution in [3.05, 3.63) is 59.7 Å². The van der Waals surface area contributed by atoms with Crippen molar-refractivity contribution in [1.82, 2.24) is 4.72 Å². The Morgan fingerprint density at radius 1 is 1.12 bits per heavy atom. The number of rotatable bonds is 6. The third-order valence-electron chi connectivity index (χ3n) is 3.29. The SMILES string of the molecule is CC(=O)Oc1ccc(C(F)CNS(=O)(=O)c2ccc(C)cc2)cc1. The highest BCUT2D eigenvalue weighted by Gasteiger charge is 2.17. The van der Waals surface area contributed by atoms with E-state index in [0.717, 1.165) is 5.56 Å². The maximum Gasteiger partial charge on any atom is 0.308 e. The number of benzene rings is 2. The highest BCUT2D eigenvalue weighted by Crippen LogP contribution is 2.21. The number of carbonyl (C=O) groups is 1. The van der Waals surface area contributed by atoms with Crippen LogP contribution in [-0.2, 0) is 14.8 Å². The zero-order valence-electron chi connectivity index (χ0n) is 13.3. The van der Waals surface area contributed by atoms with E-state index in [2.05, 4.69) is 4.72 Å². The number of nitrogens with one attached hydrogen (secondary N) is 1. The van der Waals surface area contributed by atoms with E-state index >= 15 is 0 Å². The number of alkyl halides is 1. The number of hydrogen-bond donors (Lipinski definition) is 1. The Kier molecular flexibility index (Phi) is 5.69. The standard InChI is InChI=1S/C17H18FNO4S/c1-12-3-9-16(10-4-12)24(21,22)19-11-17(18)14-5-7-15(8-6-14)23-13(2)20/h3-10,17,19H,11H2,1-2H3. The number of hydrogen-bond acceptors (Lipinski definition) is 4. The zero-order valence-corrected chi connectivity index (χ0v) is 14.1. The van der Waals surface area contributed by atoms with Crippen LogP contribution in [0.1, 0.15) is 24.2 Å². The summed E-state index contributed by atoms with van der Waals surface area (Å²) in [7, 11) is -3.76. The van der Waals surface area contributed by atoms with Crippen LogP contribution in [0.25, 0.3) is 0 Å². The second-order valence-corrected chi connectivity index (χ2v) is 7.06. The van der Waals surface area contributed by atoms with E-state index in [-0.39, 0.29) is 17.0 Å². The Morgan fingerprint density at radius 3 is 2.25 bits per heavy atom. The molecule has 1 N–H and O–H groups in total. The fourth-order valence-electron chi connectivity index (χ4n) is 2.01. The lowest BCUT2D eigenvalue weighted by molar-refractivity contribution is -0.131. The monoisotopic (exact) mass is 351 g/mol. The van der Waals surface area contributed by atoms with Gasteiger partial charge in [-0.1, -0.05) is 29.8 Å². The Hall–Kier alpha value is -2.25. The molecule has 24 heavy (non-hydrogen) atoms. The van der Waals surface area contributed by atoms with Crippen molar-refractivity contribution >= 4 is 16.0 Å². The highest BCUT2D eigenvalue weighted by atomic mass is 32.2. The lowest BCUT2D eigenvalue weighted by atomic mass is 10.1. The molecule has 5 nitrogen and oxygen atoms in total. The van der Waals surface area contributed by atoms with Crippen molar-refractivity contribution in [2.45, 2.75) is 24.9 Å². The average Bonchev–Trinajstić information content (AvgIpc) is 2.53. The first kappa shape index (κ1) is 18.1. The third kappa shape index (κ3) is 4.87. The second-order valence-electron chi connectivity index (χ2n) is 5.30. The van der Waals surface area contributed by atoms with Gasteiger partial charge in [-0.15, -0.1) is 0 Å². The van der Waals surface area contributed by atoms with Crippen LogP contribution < -0.4 is 9.46 Å². The molecule has 7 heteroatoms. The molecule has 1 unspecified atom stereocenters. The molecule has 0 aromatic heterocycles. The van der Waals surface area contributed by atoms with Gasteiger partial charge in [0.1, 0.15) is 11.9 Å². The number of ether oxygens (including phenoxy) is 1. The van der Waals surface area contributed by atoms with Gasteiger partial charge in [-0.05, 0) is 36.8 Å². The predicted octanol–water partition coefficient (Wildman–Crippen LogP) is 2.91. The van der Waals surface area contributed by atoms with Crippen molar-refractivity contribution in [2.24, 2.45) is 0 Å². The van der Waals surface area contributed by atoms with Crippen molar-refractivity contribution in [2.75, 3.05) is 6.54 Å². The molecule has 0 saturated carbocycles. The highest BCUT2D eigenvalue weighted by molar-refractivity contribution is 7.89. The molecule has 0 bridgehead atoms. The quantitative estimate of drug-likeness (QED) is 0.642. The molecule has 0 saturated heterocycles. The summed E-state index contributed by atoms with van der Waals surface area (Å²) in [6, 6.07) is 12.1. The van der Waals surface area contributed by atoms with Crippen LogP contribution in [0.2, 0.25) is 0 Å². The maximum atomic E-state index is 14.2. The molecule has 0 aliphatic heterocycles. The largest absolute Gasteiger partial charge is 0.427 e. The van der Waals surface area contributed by atoms with Crippen LogP contribution >= 0.6 is 0 Å². The van der Waals surface area contributed by atoms with Crippen LogP contribution in [0, 0.1) is 6.92 Å². The molecule has 0 fully saturated rings. The zero-order chi connectivity index (χ0) is 17.7. The van der Waals surface area contributed by atoms with Gasteiger partial charge in [0, 0.05) is 13.5 Å². The summed E-state index contributed by atoms with van der Waals surface area (Å²) in [5.41, 5.74) is 1.22. The molecule has 0 aliphatic carbocycles. The lowest BCUT2D eigenvalue weighted by Gasteiger charge is -2.11. The van der Waals surface area contributed by atoms with Crippen LogP contribution in [0.5, 0.6) is 5.75 Å². The summed E-state index contributed by atoms with van der Waals surface area (Å²) in [6.45, 7) is 2.73. The summed E-state index contributed by atoms with van der Waals surface area (Å²) in [6.07, 6.45) is -1.52. The van der Waals surface area contributed by atoms with Crippen LogP contribution in [0.15, 0.2) is 53.4 Å². The van der Waals surface area contributed by atoms with E-state index in [0.29, 0.717) is 5.75 Å². The molecular formula is C17H18FNO4S. The Morgan fingerprint density at radius 2 is 1.71 bits per heavy atom. The van der Waals surface area contributed by atoms with Gasteiger partial charge in [-0.25, -0.2) is 17.5 Å². The molecule has 0 amide bonds. The molecule has 128 valence electrons. The fourth-order valence-corrected chi connectivity index (χ4v) is 3.04. The van der Waals surface area contributed by atoms with Crippen LogP contribution in [0.3, 0.4) is 0 Å². The number of halogens is 1. The molecule has 1 atom stereocenters. The van der Waals surface area contributed by atoms with Crippen molar-refractivity contribution in [1.29, 1.82) is 0 Å². The molecule has 2 rings (SSSR count). The van der Waals surface area contributed by atoms with Gasteiger partial charge >= 0.3 is 5.97 Å². The number of carbonyl (C=O) groups excluding carboxylic acids is 1. The summed E-state index contributed by atoms with van der Waals surface area (Å²) in [4.78, 5) is 10.9. The molecular weight excluding hydrogens is 333 g/mol. The van der Waals surface area contributed by atoms with Gasteiger partial charge in [0.25, 0.3) is 0 Å². The van der Waals surface area contributed by atoms with Crippen LogP contribution in [0.4, 0.5) is 4.39 Å². The average molecular weight is 351 g/mol. The fraction of sp³-hybridized carbons (Fsp3) is 0.235. The van der Waals surface area contributed by atoms with Crippen LogP contribution in [-0.4, -0.2) is 20.9 Å². The Bertz CT molecular complexity index is 801. The van der Waals surface area contributed by atoms with Crippen molar-refractivity contribution in [3.63, 3.8) is 0 Å². The summed E-state index contributed by atoms with van der Waals surface area (Å²) in [5, 5.41) is 0. The second kappa shape index (κ2) is 7.55. The van der Waals surface area contributed by atoms with E-state index in [1.54, 1.807) is 12.1 Å². The first-order valence-corrected chi connectivity index (χ1v) is 8.75. The van der Waals surface area contributed by atoms with Gasteiger partial charge in [0.05, 0.1) is 4.90 Å². The topological polar surface area (TPSA) is 72.5 Å². The van der Waals surface area contributed by atoms with Gasteiger partial charge in [0.2, 0.25) is 10.0 Å². The molecule has 0 spiro atoms. The number of esters is 1. The third-order valence-corrected chi connectivity index (χ3v) is 4.73. The van der Waals surface area contributed by atoms with E-state index in [4.69, 9.17) is 4.74 Å². The normalized spacial score (nSPS) is 12.6. The molecule has 2 aromatic rings. The molecule has 0 radical (unpaired) electrons. The first-order chi connectivity index (χ1) is 11.3. The lowest BCUT2D eigenvalue weighted by Crippen LogP contribution is -2.27. The summed E-state index contributed by atoms with van der Waals surface area (Å²) < 4.78 is 45.6. The Balaban J connectivity index is 2.00. The molecule has 0 aliphatic rings.